The van der Waals surface area contributed by atoms with Crippen molar-refractivity contribution in [3.05, 3.63) is 70.7 Å². The Kier molecular flexibility index (Phi) is 7.07. The topological polar surface area (TPSA) is 64.1 Å². The molecule has 6 nitrogen and oxygen atoms in total. The number of rotatable bonds is 5. The van der Waals surface area contributed by atoms with Crippen LogP contribution in [0.4, 0.5) is 0 Å². The molecule has 0 radical (unpaired) electrons. The molecule has 7 heteroatoms. The van der Waals surface area contributed by atoms with Crippen LogP contribution in [0.15, 0.2) is 54.6 Å². The average molecular weight is 470 g/mol. The van der Waals surface area contributed by atoms with Gasteiger partial charge in [-0.3, -0.25) is 14.5 Å². The molecule has 4 rings (SSSR count). The van der Waals surface area contributed by atoms with Gasteiger partial charge in [-0.15, -0.1) is 0 Å². The highest BCUT2D eigenvalue weighted by atomic mass is 35.5. The molecule has 0 bridgehead atoms. The quantitative estimate of drug-likeness (QED) is 0.729. The highest BCUT2D eigenvalue weighted by molar-refractivity contribution is 6.30. The average Bonchev–Trinajstić information content (AvgIpc) is 2.78. The van der Waals surface area contributed by atoms with Crippen LogP contribution in [0.1, 0.15) is 36.4 Å². The molecule has 0 aliphatic carbocycles. The van der Waals surface area contributed by atoms with Crippen molar-refractivity contribution in [1.82, 2.24) is 14.7 Å². The Hall–Kier alpha value is -2.41. The van der Waals surface area contributed by atoms with E-state index in [-0.39, 0.29) is 18.4 Å². The molecule has 2 fully saturated rings. The maximum atomic E-state index is 14.1. The summed E-state index contributed by atoms with van der Waals surface area (Å²) in [4.78, 5) is 31.9. The molecule has 0 unspecified atom stereocenters. The molecule has 1 N–H and O–H groups in total. The molecule has 2 heterocycles. The molecule has 2 aromatic rings. The Morgan fingerprint density at radius 1 is 1.18 bits per heavy atom. The Balaban J connectivity index is 1.66. The van der Waals surface area contributed by atoms with E-state index in [2.05, 4.69) is 4.90 Å². The number of aliphatic hydroxyl groups excluding tert-OH is 1. The van der Waals surface area contributed by atoms with E-state index in [9.17, 15) is 14.7 Å². The summed E-state index contributed by atoms with van der Waals surface area (Å²) in [6, 6.07) is 16.8. The number of likely N-dealkylation sites (tertiary alicyclic amines) is 2. The van der Waals surface area contributed by atoms with Crippen LogP contribution in [0.3, 0.4) is 0 Å². The van der Waals surface area contributed by atoms with Crippen molar-refractivity contribution in [2.45, 2.75) is 38.0 Å². The number of piperidine rings is 2. The van der Waals surface area contributed by atoms with Crippen molar-refractivity contribution < 1.29 is 14.7 Å². The van der Waals surface area contributed by atoms with E-state index < -0.39 is 17.6 Å². The molecule has 2 saturated heterocycles. The highest BCUT2D eigenvalue weighted by Crippen LogP contribution is 2.46. The molecule has 2 aliphatic heterocycles. The number of halogens is 1. The number of likely N-dealkylation sites (N-methyl/N-ethyl adjacent to an activating group) is 1. The largest absolute Gasteiger partial charge is 0.391 e. The third-order valence-electron chi connectivity index (χ3n) is 6.91. The minimum absolute atomic E-state index is 0.0220. The van der Waals surface area contributed by atoms with Gasteiger partial charge < -0.3 is 14.9 Å². The molecular weight excluding hydrogens is 438 g/mol. The third kappa shape index (κ3) is 5.08. The van der Waals surface area contributed by atoms with Crippen LogP contribution in [0.5, 0.6) is 0 Å². The lowest BCUT2D eigenvalue weighted by Gasteiger charge is -2.52. The zero-order valence-corrected chi connectivity index (χ0v) is 20.0. The summed E-state index contributed by atoms with van der Waals surface area (Å²) in [6.45, 7) is 1.92. The molecule has 2 aromatic carbocycles. The Bertz CT molecular complexity index is 999. The lowest BCUT2D eigenvalue weighted by atomic mass is 9.69. The molecule has 0 saturated carbocycles. The van der Waals surface area contributed by atoms with Gasteiger partial charge in [0.1, 0.15) is 0 Å². The van der Waals surface area contributed by atoms with Gasteiger partial charge >= 0.3 is 0 Å². The van der Waals surface area contributed by atoms with Crippen molar-refractivity contribution in [3.8, 4) is 0 Å². The number of hydrogen-bond donors (Lipinski definition) is 1. The SMILES string of the molecule is CN(C)C(=O)CN1CCC[C@]2(C[C@@H](O)[C@H](c3ccccc3)N(Cc3cccc(Cl)c3)C2=O)C1. The van der Waals surface area contributed by atoms with Gasteiger partial charge in [-0.25, -0.2) is 0 Å². The van der Waals surface area contributed by atoms with Crippen LogP contribution < -0.4 is 0 Å². The summed E-state index contributed by atoms with van der Waals surface area (Å²) >= 11 is 6.22. The van der Waals surface area contributed by atoms with Crippen LogP contribution >= 0.6 is 11.6 Å². The van der Waals surface area contributed by atoms with Crippen LogP contribution in [0.25, 0.3) is 0 Å². The fourth-order valence-electron chi connectivity index (χ4n) is 5.33. The summed E-state index contributed by atoms with van der Waals surface area (Å²) in [6.07, 6.45) is 1.22. The van der Waals surface area contributed by atoms with Crippen molar-refractivity contribution in [2.75, 3.05) is 33.7 Å². The third-order valence-corrected chi connectivity index (χ3v) is 7.15. The zero-order valence-electron chi connectivity index (χ0n) is 19.3. The van der Waals surface area contributed by atoms with E-state index in [0.29, 0.717) is 31.0 Å². The Morgan fingerprint density at radius 3 is 2.64 bits per heavy atom. The molecular formula is C26H32ClN3O3. The van der Waals surface area contributed by atoms with Crippen molar-refractivity contribution in [2.24, 2.45) is 5.41 Å². The number of carbonyl (C=O) groups is 2. The maximum Gasteiger partial charge on any atom is 0.236 e. The van der Waals surface area contributed by atoms with E-state index in [1.54, 1.807) is 19.0 Å². The van der Waals surface area contributed by atoms with Crippen molar-refractivity contribution in [1.29, 1.82) is 0 Å². The lowest BCUT2D eigenvalue weighted by molar-refractivity contribution is -0.166. The van der Waals surface area contributed by atoms with Gasteiger partial charge in [0.05, 0.1) is 24.1 Å². The molecule has 2 amide bonds. The highest BCUT2D eigenvalue weighted by Gasteiger charge is 2.53. The number of carbonyl (C=O) groups excluding carboxylic acids is 2. The van der Waals surface area contributed by atoms with Crippen molar-refractivity contribution >= 4 is 23.4 Å². The van der Waals surface area contributed by atoms with Gasteiger partial charge in [0.15, 0.2) is 0 Å². The number of benzene rings is 2. The van der Waals surface area contributed by atoms with Gasteiger partial charge in [-0.2, -0.15) is 0 Å². The summed E-state index contributed by atoms with van der Waals surface area (Å²) in [5.74, 6) is 0.0671. The van der Waals surface area contributed by atoms with E-state index >= 15 is 0 Å². The van der Waals surface area contributed by atoms with E-state index in [0.717, 1.165) is 24.1 Å². The van der Waals surface area contributed by atoms with E-state index in [1.807, 2.05) is 59.5 Å². The van der Waals surface area contributed by atoms with Gasteiger partial charge in [0.2, 0.25) is 11.8 Å². The fourth-order valence-corrected chi connectivity index (χ4v) is 5.54. The van der Waals surface area contributed by atoms with Gasteiger partial charge in [0.25, 0.3) is 0 Å². The summed E-state index contributed by atoms with van der Waals surface area (Å²) < 4.78 is 0. The van der Waals surface area contributed by atoms with Crippen LogP contribution in [-0.2, 0) is 16.1 Å². The first kappa shape index (κ1) is 23.7. The predicted octanol–water partition coefficient (Wildman–Crippen LogP) is 3.34. The predicted molar refractivity (Wildman–Crippen MR) is 129 cm³/mol. The molecule has 176 valence electrons. The molecule has 1 spiro atoms. The number of nitrogens with zero attached hydrogens (tertiary/aromatic N) is 3. The minimum Gasteiger partial charge on any atom is -0.391 e. The van der Waals surface area contributed by atoms with E-state index in [1.165, 1.54) is 0 Å². The number of hydrogen-bond acceptors (Lipinski definition) is 4. The second-order valence-corrected chi connectivity index (χ2v) is 10.0. The lowest BCUT2D eigenvalue weighted by Crippen LogP contribution is -2.61. The first-order chi connectivity index (χ1) is 15.8. The normalized spacial score (nSPS) is 25.9. The summed E-state index contributed by atoms with van der Waals surface area (Å²) in [5, 5.41) is 12.0. The van der Waals surface area contributed by atoms with Gasteiger partial charge in [-0.1, -0.05) is 54.1 Å². The summed E-state index contributed by atoms with van der Waals surface area (Å²) in [7, 11) is 3.49. The molecule has 0 aromatic heterocycles. The van der Waals surface area contributed by atoms with Crippen LogP contribution in [0, 0.1) is 5.41 Å². The zero-order chi connectivity index (χ0) is 23.6. The first-order valence-corrected chi connectivity index (χ1v) is 11.9. The second-order valence-electron chi connectivity index (χ2n) is 9.57. The standard InChI is InChI=1S/C26H32ClN3O3/c1-28(2)23(32)17-29-13-7-12-26(18-29)15-22(31)24(20-9-4-3-5-10-20)30(25(26)33)16-19-8-6-11-21(27)14-19/h3-6,8-11,14,22,24,31H,7,12-13,15-18H2,1-2H3/t22-,24+,26+/m1/s1. The maximum absolute atomic E-state index is 14.1. The summed E-state index contributed by atoms with van der Waals surface area (Å²) in [5.41, 5.74) is 1.15. The monoisotopic (exact) mass is 469 g/mol. The van der Waals surface area contributed by atoms with Crippen molar-refractivity contribution in [3.63, 3.8) is 0 Å². The van der Waals surface area contributed by atoms with Gasteiger partial charge in [-0.05, 0) is 49.1 Å². The smallest absolute Gasteiger partial charge is 0.236 e. The van der Waals surface area contributed by atoms with Crippen LogP contribution in [-0.4, -0.2) is 71.5 Å². The molecule has 33 heavy (non-hydrogen) atoms. The molecule has 2 aliphatic rings. The minimum atomic E-state index is -0.700. The fraction of sp³-hybridized carbons (Fsp3) is 0.462. The van der Waals surface area contributed by atoms with Gasteiger partial charge in [0, 0.05) is 32.2 Å². The number of aliphatic hydroxyl groups is 1. The van der Waals surface area contributed by atoms with Crippen LogP contribution in [0.2, 0.25) is 5.02 Å². The van der Waals surface area contributed by atoms with E-state index in [4.69, 9.17) is 11.6 Å². The number of amides is 2. The Morgan fingerprint density at radius 2 is 1.94 bits per heavy atom. The molecule has 3 atom stereocenters. The second kappa shape index (κ2) is 9.84. The first-order valence-electron chi connectivity index (χ1n) is 11.5. The Labute approximate surface area is 200 Å².